The molecule has 0 radical (unpaired) electrons. The van der Waals surface area contributed by atoms with Crippen LogP contribution < -0.4 is 10.6 Å². The maximum absolute atomic E-state index is 10.4. The van der Waals surface area contributed by atoms with Gasteiger partial charge in [0.25, 0.3) is 5.69 Å². The second-order valence-corrected chi connectivity index (χ2v) is 3.66. The van der Waals surface area contributed by atoms with E-state index in [0.29, 0.717) is 18.2 Å². The molecule has 92 valence electrons. The Morgan fingerprint density at radius 3 is 2.53 bits per heavy atom. The Morgan fingerprint density at radius 1 is 1.35 bits per heavy atom. The third-order valence-corrected chi connectivity index (χ3v) is 2.29. The molecule has 0 atom stereocenters. The van der Waals surface area contributed by atoms with Crippen LogP contribution in [-0.4, -0.2) is 28.3 Å². The minimum atomic E-state index is -0.440. The summed E-state index contributed by atoms with van der Waals surface area (Å²) in [4.78, 5) is 9.99. The van der Waals surface area contributed by atoms with Crippen LogP contribution in [0.2, 0.25) is 0 Å². The summed E-state index contributed by atoms with van der Waals surface area (Å²) >= 11 is 4.94. The quantitative estimate of drug-likeness (QED) is 0.404. The first-order valence-electron chi connectivity index (χ1n) is 4.99. The number of rotatable bonds is 5. The molecule has 0 saturated heterocycles. The van der Waals surface area contributed by atoms with Gasteiger partial charge in [0.05, 0.1) is 11.5 Å². The molecule has 0 amide bonds. The number of aliphatic hydroxyl groups is 1. The first kappa shape index (κ1) is 13.3. The number of hydrogen-bond donors (Lipinski definition) is 3. The molecule has 1 rings (SSSR count). The molecule has 0 spiro atoms. The molecule has 7 heteroatoms. The van der Waals surface area contributed by atoms with E-state index in [4.69, 9.17) is 17.3 Å². The number of nitrogens with zero attached hydrogens (tertiary/aromatic N) is 1. The predicted octanol–water partition coefficient (Wildman–Crippen LogP) is 0.551. The smallest absolute Gasteiger partial charge is 0.269 e. The van der Waals surface area contributed by atoms with Crippen molar-refractivity contribution in [3.8, 4) is 0 Å². The molecule has 0 aromatic heterocycles. The molecule has 0 aliphatic heterocycles. The van der Waals surface area contributed by atoms with E-state index in [-0.39, 0.29) is 12.3 Å². The predicted molar refractivity (Wildman–Crippen MR) is 67.6 cm³/mol. The van der Waals surface area contributed by atoms with E-state index in [1.165, 1.54) is 12.1 Å². The van der Waals surface area contributed by atoms with Gasteiger partial charge in [-0.25, -0.2) is 0 Å². The van der Waals surface area contributed by atoms with E-state index in [0.717, 1.165) is 5.56 Å². The van der Waals surface area contributed by atoms with Crippen molar-refractivity contribution in [1.82, 2.24) is 10.6 Å². The number of thiocarbonyl (C=S) groups is 1. The van der Waals surface area contributed by atoms with Crippen molar-refractivity contribution in [1.29, 1.82) is 0 Å². The summed E-state index contributed by atoms with van der Waals surface area (Å²) in [6.07, 6.45) is 0. The zero-order valence-corrected chi connectivity index (χ0v) is 9.87. The maximum Gasteiger partial charge on any atom is 0.269 e. The van der Waals surface area contributed by atoms with Crippen LogP contribution in [0.1, 0.15) is 5.56 Å². The molecule has 0 heterocycles. The van der Waals surface area contributed by atoms with Gasteiger partial charge in [-0.3, -0.25) is 10.1 Å². The van der Waals surface area contributed by atoms with Gasteiger partial charge in [0.2, 0.25) is 0 Å². The van der Waals surface area contributed by atoms with Crippen LogP contribution in [0.5, 0.6) is 0 Å². The van der Waals surface area contributed by atoms with Crippen LogP contribution in [0, 0.1) is 10.1 Å². The Balaban J connectivity index is 2.42. The van der Waals surface area contributed by atoms with E-state index in [2.05, 4.69) is 10.6 Å². The SMILES string of the molecule is O=[N+]([O-])c1ccc(CNC(=S)NCCO)cc1. The monoisotopic (exact) mass is 255 g/mol. The van der Waals surface area contributed by atoms with Crippen molar-refractivity contribution in [3.05, 3.63) is 39.9 Å². The fourth-order valence-corrected chi connectivity index (χ4v) is 1.32. The molecule has 0 aliphatic carbocycles. The van der Waals surface area contributed by atoms with Crippen LogP contribution in [0.15, 0.2) is 24.3 Å². The molecular weight excluding hydrogens is 242 g/mol. The normalized spacial score (nSPS) is 9.71. The van der Waals surface area contributed by atoms with Crippen LogP contribution in [0.4, 0.5) is 5.69 Å². The van der Waals surface area contributed by atoms with Crippen molar-refractivity contribution < 1.29 is 10.0 Å². The van der Waals surface area contributed by atoms with Crippen molar-refractivity contribution in [2.45, 2.75) is 6.54 Å². The molecule has 0 saturated carbocycles. The van der Waals surface area contributed by atoms with E-state index < -0.39 is 4.92 Å². The lowest BCUT2D eigenvalue weighted by Crippen LogP contribution is -2.36. The lowest BCUT2D eigenvalue weighted by molar-refractivity contribution is -0.384. The fraction of sp³-hybridized carbons (Fsp3) is 0.300. The molecule has 17 heavy (non-hydrogen) atoms. The number of non-ortho nitro benzene ring substituents is 1. The van der Waals surface area contributed by atoms with Crippen LogP contribution >= 0.6 is 12.2 Å². The number of aliphatic hydroxyl groups excluding tert-OH is 1. The summed E-state index contributed by atoms with van der Waals surface area (Å²) in [5, 5.41) is 25.2. The number of nitro groups is 1. The minimum absolute atomic E-state index is 0.0132. The molecule has 0 unspecified atom stereocenters. The number of nitrogens with one attached hydrogen (secondary N) is 2. The molecule has 0 aliphatic rings. The first-order valence-corrected chi connectivity index (χ1v) is 5.40. The standard InChI is InChI=1S/C10H13N3O3S/c14-6-5-11-10(17)12-7-8-1-3-9(4-2-8)13(15)16/h1-4,14H,5-7H2,(H2,11,12,17). The Kier molecular flexibility index (Phi) is 5.31. The molecule has 6 nitrogen and oxygen atoms in total. The Hall–Kier alpha value is -1.73. The van der Waals surface area contributed by atoms with Gasteiger partial charge in [0, 0.05) is 25.2 Å². The molecule has 0 fully saturated rings. The highest BCUT2D eigenvalue weighted by Crippen LogP contribution is 2.11. The highest BCUT2D eigenvalue weighted by molar-refractivity contribution is 7.80. The summed E-state index contributed by atoms with van der Waals surface area (Å²) in [5.41, 5.74) is 0.957. The summed E-state index contributed by atoms with van der Waals surface area (Å²) in [7, 11) is 0. The van der Waals surface area contributed by atoms with Crippen molar-refractivity contribution in [2.75, 3.05) is 13.2 Å². The molecule has 3 N–H and O–H groups in total. The van der Waals surface area contributed by atoms with Gasteiger partial charge < -0.3 is 15.7 Å². The Labute approximate surface area is 104 Å². The van der Waals surface area contributed by atoms with Crippen LogP contribution in [-0.2, 0) is 6.54 Å². The Morgan fingerprint density at radius 2 is 2.00 bits per heavy atom. The van der Waals surface area contributed by atoms with Gasteiger partial charge in [-0.1, -0.05) is 12.1 Å². The number of hydrogen-bond acceptors (Lipinski definition) is 4. The van der Waals surface area contributed by atoms with Crippen LogP contribution in [0.25, 0.3) is 0 Å². The summed E-state index contributed by atoms with van der Waals surface area (Å²) < 4.78 is 0. The van der Waals surface area contributed by atoms with E-state index >= 15 is 0 Å². The summed E-state index contributed by atoms with van der Waals surface area (Å²) in [5.74, 6) is 0. The highest BCUT2D eigenvalue weighted by Gasteiger charge is 2.03. The maximum atomic E-state index is 10.4. The van der Waals surface area contributed by atoms with Crippen molar-refractivity contribution in [3.63, 3.8) is 0 Å². The lowest BCUT2D eigenvalue weighted by Gasteiger charge is -2.09. The van der Waals surface area contributed by atoms with Gasteiger partial charge in [0.1, 0.15) is 0 Å². The summed E-state index contributed by atoms with van der Waals surface area (Å²) in [6.45, 7) is 0.890. The van der Waals surface area contributed by atoms with Crippen molar-refractivity contribution >= 4 is 23.0 Å². The molecule has 0 bridgehead atoms. The molecular formula is C10H13N3O3S. The number of benzene rings is 1. The highest BCUT2D eigenvalue weighted by atomic mass is 32.1. The fourth-order valence-electron chi connectivity index (χ4n) is 1.15. The Bertz CT molecular complexity index is 394. The van der Waals surface area contributed by atoms with E-state index in [1.807, 2.05) is 0 Å². The average Bonchev–Trinajstić information content (AvgIpc) is 2.34. The minimum Gasteiger partial charge on any atom is -0.395 e. The number of nitro benzene ring substituents is 1. The largest absolute Gasteiger partial charge is 0.395 e. The molecule has 1 aromatic rings. The third-order valence-electron chi connectivity index (χ3n) is 2.00. The van der Waals surface area contributed by atoms with Gasteiger partial charge >= 0.3 is 0 Å². The lowest BCUT2D eigenvalue weighted by atomic mass is 10.2. The molecule has 1 aromatic carbocycles. The van der Waals surface area contributed by atoms with Crippen molar-refractivity contribution in [2.24, 2.45) is 0 Å². The second kappa shape index (κ2) is 6.77. The van der Waals surface area contributed by atoms with Gasteiger partial charge in [-0.2, -0.15) is 0 Å². The topological polar surface area (TPSA) is 87.4 Å². The van der Waals surface area contributed by atoms with Gasteiger partial charge in [0.15, 0.2) is 5.11 Å². The van der Waals surface area contributed by atoms with Gasteiger partial charge in [-0.15, -0.1) is 0 Å². The van der Waals surface area contributed by atoms with Gasteiger partial charge in [-0.05, 0) is 17.8 Å². The van der Waals surface area contributed by atoms with E-state index in [1.54, 1.807) is 12.1 Å². The third kappa shape index (κ3) is 4.75. The zero-order valence-electron chi connectivity index (χ0n) is 9.05. The second-order valence-electron chi connectivity index (χ2n) is 3.26. The zero-order chi connectivity index (χ0) is 12.7. The summed E-state index contributed by atoms with van der Waals surface area (Å²) in [6, 6.07) is 6.22. The van der Waals surface area contributed by atoms with E-state index in [9.17, 15) is 10.1 Å². The van der Waals surface area contributed by atoms with Crippen LogP contribution in [0.3, 0.4) is 0 Å². The average molecular weight is 255 g/mol. The first-order chi connectivity index (χ1) is 8.13.